The minimum atomic E-state index is -3.01. The number of benzene rings is 1. The van der Waals surface area contributed by atoms with Crippen molar-refractivity contribution in [3.05, 3.63) is 34.6 Å². The normalized spacial score (nSPS) is 22.5. The van der Waals surface area contributed by atoms with Crippen LogP contribution in [0.25, 0.3) is 11.0 Å². The van der Waals surface area contributed by atoms with E-state index in [-0.39, 0.29) is 34.9 Å². The molecule has 1 N–H and O–H groups in total. The van der Waals surface area contributed by atoms with Crippen LogP contribution in [-0.2, 0) is 21.7 Å². The Labute approximate surface area is 163 Å². The van der Waals surface area contributed by atoms with Crippen LogP contribution >= 0.6 is 0 Å². The number of aryl methyl sites for hydroxylation is 1. The van der Waals surface area contributed by atoms with Crippen LogP contribution in [-0.4, -0.2) is 54.5 Å². The SMILES string of the molecule is Cn1c(=O)c(N2CCC(C(=O)N[C@H]3CCS(=O)(=O)C3)CC2)nc2ccccc21. The number of piperidine rings is 1. The molecule has 3 heterocycles. The maximum absolute atomic E-state index is 12.7. The third-order valence-corrected chi connectivity index (χ3v) is 7.48. The lowest BCUT2D eigenvalue weighted by atomic mass is 9.95. The van der Waals surface area contributed by atoms with Crippen LogP contribution in [0.2, 0.25) is 0 Å². The van der Waals surface area contributed by atoms with E-state index in [0.717, 1.165) is 11.0 Å². The molecular weight excluding hydrogens is 380 g/mol. The van der Waals surface area contributed by atoms with Gasteiger partial charge in [-0.15, -0.1) is 0 Å². The molecule has 2 fully saturated rings. The molecule has 1 aromatic heterocycles. The number of amides is 1. The average molecular weight is 404 g/mol. The van der Waals surface area contributed by atoms with Crippen molar-refractivity contribution in [2.75, 3.05) is 29.5 Å². The number of hydrogen-bond acceptors (Lipinski definition) is 6. The van der Waals surface area contributed by atoms with Crippen molar-refractivity contribution in [1.29, 1.82) is 0 Å². The zero-order chi connectivity index (χ0) is 19.9. The van der Waals surface area contributed by atoms with Gasteiger partial charge in [-0.1, -0.05) is 12.1 Å². The number of para-hydroxylation sites is 2. The van der Waals surface area contributed by atoms with Crippen molar-refractivity contribution in [3.8, 4) is 0 Å². The summed E-state index contributed by atoms with van der Waals surface area (Å²) in [4.78, 5) is 31.7. The summed E-state index contributed by atoms with van der Waals surface area (Å²) in [6.45, 7) is 1.14. The van der Waals surface area contributed by atoms with Gasteiger partial charge in [0.1, 0.15) is 0 Å². The molecule has 1 aromatic carbocycles. The van der Waals surface area contributed by atoms with Gasteiger partial charge in [0, 0.05) is 32.1 Å². The molecule has 0 unspecified atom stereocenters. The number of fused-ring (bicyclic) bond motifs is 1. The molecule has 0 radical (unpaired) electrons. The van der Waals surface area contributed by atoms with Crippen molar-refractivity contribution in [1.82, 2.24) is 14.9 Å². The number of hydrogen-bond donors (Lipinski definition) is 1. The number of nitrogens with zero attached hydrogens (tertiary/aromatic N) is 3. The second-order valence-electron chi connectivity index (χ2n) is 7.66. The highest BCUT2D eigenvalue weighted by atomic mass is 32.2. The standard InChI is InChI=1S/C19H24N4O4S/c1-22-16-5-3-2-4-15(16)21-17(19(22)25)23-9-6-13(7-10-23)18(24)20-14-8-11-28(26,27)12-14/h2-5,13-14H,6-12H2,1H3,(H,20,24)/t14-/m0/s1. The summed E-state index contributed by atoms with van der Waals surface area (Å²) in [5.74, 6) is 0.356. The summed E-state index contributed by atoms with van der Waals surface area (Å²) >= 11 is 0. The largest absolute Gasteiger partial charge is 0.352 e. The van der Waals surface area contributed by atoms with Crippen LogP contribution in [0, 0.1) is 5.92 Å². The Hall–Kier alpha value is -2.42. The summed E-state index contributed by atoms with van der Waals surface area (Å²) in [5.41, 5.74) is 1.41. The van der Waals surface area contributed by atoms with Crippen LogP contribution in [0.3, 0.4) is 0 Å². The molecule has 150 valence electrons. The van der Waals surface area contributed by atoms with E-state index in [1.54, 1.807) is 11.6 Å². The molecule has 2 aliphatic heterocycles. The maximum Gasteiger partial charge on any atom is 0.293 e. The molecule has 28 heavy (non-hydrogen) atoms. The van der Waals surface area contributed by atoms with Gasteiger partial charge in [0.2, 0.25) is 5.91 Å². The first-order valence-corrected chi connectivity index (χ1v) is 11.4. The minimum Gasteiger partial charge on any atom is -0.352 e. The molecular formula is C19H24N4O4S. The number of rotatable bonds is 3. The monoisotopic (exact) mass is 404 g/mol. The molecule has 2 saturated heterocycles. The fourth-order valence-electron chi connectivity index (χ4n) is 4.05. The summed E-state index contributed by atoms with van der Waals surface area (Å²) < 4.78 is 24.7. The lowest BCUT2D eigenvalue weighted by Crippen LogP contribution is -2.45. The second kappa shape index (κ2) is 7.20. The average Bonchev–Trinajstić information content (AvgIpc) is 3.03. The smallest absolute Gasteiger partial charge is 0.293 e. The van der Waals surface area contributed by atoms with E-state index >= 15 is 0 Å². The first-order chi connectivity index (χ1) is 13.3. The van der Waals surface area contributed by atoms with Gasteiger partial charge in [-0.2, -0.15) is 0 Å². The van der Waals surface area contributed by atoms with Gasteiger partial charge < -0.3 is 14.8 Å². The van der Waals surface area contributed by atoms with Crippen molar-refractivity contribution >= 4 is 32.6 Å². The van der Waals surface area contributed by atoms with E-state index in [4.69, 9.17) is 0 Å². The highest BCUT2D eigenvalue weighted by Gasteiger charge is 2.32. The topological polar surface area (TPSA) is 101 Å². The zero-order valence-corrected chi connectivity index (χ0v) is 16.6. The van der Waals surface area contributed by atoms with Crippen molar-refractivity contribution in [2.45, 2.75) is 25.3 Å². The molecule has 0 spiro atoms. The van der Waals surface area contributed by atoms with Crippen molar-refractivity contribution < 1.29 is 13.2 Å². The van der Waals surface area contributed by atoms with E-state index in [9.17, 15) is 18.0 Å². The Morgan fingerprint density at radius 2 is 1.89 bits per heavy atom. The van der Waals surface area contributed by atoms with E-state index < -0.39 is 9.84 Å². The van der Waals surface area contributed by atoms with Gasteiger partial charge in [0.15, 0.2) is 15.7 Å². The highest BCUT2D eigenvalue weighted by Crippen LogP contribution is 2.22. The van der Waals surface area contributed by atoms with Crippen molar-refractivity contribution in [2.24, 2.45) is 13.0 Å². The van der Waals surface area contributed by atoms with E-state index in [2.05, 4.69) is 10.3 Å². The van der Waals surface area contributed by atoms with Gasteiger partial charge in [-0.05, 0) is 31.4 Å². The zero-order valence-electron chi connectivity index (χ0n) is 15.8. The Morgan fingerprint density at radius 3 is 2.57 bits per heavy atom. The Balaban J connectivity index is 1.43. The molecule has 0 bridgehead atoms. The van der Waals surface area contributed by atoms with Crippen LogP contribution in [0.4, 0.5) is 5.82 Å². The Bertz CT molecular complexity index is 1070. The molecule has 2 aromatic rings. The van der Waals surface area contributed by atoms with E-state index in [1.807, 2.05) is 29.2 Å². The lowest BCUT2D eigenvalue weighted by Gasteiger charge is -2.32. The van der Waals surface area contributed by atoms with Gasteiger partial charge in [0.05, 0.1) is 22.5 Å². The number of carbonyl (C=O) groups is 1. The maximum atomic E-state index is 12.7. The Kier molecular flexibility index (Phi) is 4.86. The van der Waals surface area contributed by atoms with Gasteiger partial charge in [0.25, 0.3) is 5.56 Å². The van der Waals surface area contributed by atoms with Gasteiger partial charge in [-0.25, -0.2) is 13.4 Å². The molecule has 0 aliphatic carbocycles. The molecule has 8 nitrogen and oxygen atoms in total. The van der Waals surface area contributed by atoms with Gasteiger partial charge >= 0.3 is 0 Å². The van der Waals surface area contributed by atoms with Crippen LogP contribution in [0.5, 0.6) is 0 Å². The molecule has 2 aliphatic rings. The number of nitrogens with one attached hydrogen (secondary N) is 1. The minimum absolute atomic E-state index is 0.0363. The molecule has 4 rings (SSSR count). The fourth-order valence-corrected chi connectivity index (χ4v) is 5.72. The predicted octanol–water partition coefficient (Wildman–Crippen LogP) is 0.453. The van der Waals surface area contributed by atoms with Gasteiger partial charge in [-0.3, -0.25) is 9.59 Å². The quantitative estimate of drug-likeness (QED) is 0.797. The van der Waals surface area contributed by atoms with Crippen molar-refractivity contribution in [3.63, 3.8) is 0 Å². The first-order valence-electron chi connectivity index (χ1n) is 9.55. The summed E-state index contributed by atoms with van der Waals surface area (Å²) in [6, 6.07) is 7.25. The number of carbonyl (C=O) groups excluding carboxylic acids is 1. The predicted molar refractivity (Wildman–Crippen MR) is 107 cm³/mol. The van der Waals surface area contributed by atoms with Crippen LogP contribution < -0.4 is 15.8 Å². The van der Waals surface area contributed by atoms with Crippen LogP contribution in [0.1, 0.15) is 19.3 Å². The number of aromatic nitrogens is 2. The fraction of sp³-hybridized carbons (Fsp3) is 0.526. The first kappa shape index (κ1) is 18.9. The highest BCUT2D eigenvalue weighted by molar-refractivity contribution is 7.91. The summed E-state index contributed by atoms with van der Waals surface area (Å²) in [6.07, 6.45) is 1.72. The molecule has 1 amide bonds. The Morgan fingerprint density at radius 1 is 1.18 bits per heavy atom. The molecule has 9 heteroatoms. The van der Waals surface area contributed by atoms with E-state index in [1.165, 1.54) is 0 Å². The summed E-state index contributed by atoms with van der Waals surface area (Å²) in [5, 5.41) is 2.89. The lowest BCUT2D eigenvalue weighted by molar-refractivity contribution is -0.126. The third-order valence-electron chi connectivity index (χ3n) is 5.71. The molecule has 0 saturated carbocycles. The second-order valence-corrected chi connectivity index (χ2v) is 9.89. The molecule has 1 atom stereocenters. The van der Waals surface area contributed by atoms with E-state index in [0.29, 0.717) is 38.2 Å². The number of anilines is 1. The number of sulfone groups is 1. The van der Waals surface area contributed by atoms with Crippen LogP contribution in [0.15, 0.2) is 29.1 Å². The third kappa shape index (κ3) is 3.63. The summed E-state index contributed by atoms with van der Waals surface area (Å²) in [7, 11) is -1.27.